The van der Waals surface area contributed by atoms with E-state index in [4.69, 9.17) is 11.0 Å². The second-order valence-corrected chi connectivity index (χ2v) is 5.67. The van der Waals surface area contributed by atoms with Crippen molar-refractivity contribution in [3.8, 4) is 0 Å². The van der Waals surface area contributed by atoms with Gasteiger partial charge in [0.2, 0.25) is 0 Å². The standard InChI is InChI=1S/C17H25N3O2/c1-13(5-10-17(21)20(18)22)11-14(2)12-15-6-8-16(9-7-15)19(3)4/h5-11,14,22H,12,18H2,1-4H3. The van der Waals surface area contributed by atoms with Gasteiger partial charge in [-0.25, -0.2) is 5.84 Å². The van der Waals surface area contributed by atoms with Crippen LogP contribution < -0.4 is 10.7 Å². The van der Waals surface area contributed by atoms with Gasteiger partial charge in [-0.3, -0.25) is 10.0 Å². The Labute approximate surface area is 132 Å². The molecule has 0 aliphatic heterocycles. The molecule has 0 spiro atoms. The Balaban J connectivity index is 2.62. The number of carbonyl (C=O) groups excluding carboxylic acids is 1. The number of hydrazine groups is 1. The average Bonchev–Trinajstić information content (AvgIpc) is 2.44. The third-order valence-electron chi connectivity index (χ3n) is 3.27. The van der Waals surface area contributed by atoms with E-state index in [9.17, 15) is 4.79 Å². The second-order valence-electron chi connectivity index (χ2n) is 5.67. The molecule has 0 saturated heterocycles. The molecule has 0 aromatic heterocycles. The van der Waals surface area contributed by atoms with E-state index < -0.39 is 5.91 Å². The molecule has 5 heteroatoms. The molecule has 1 amide bonds. The number of carbonyl (C=O) groups is 1. The lowest BCUT2D eigenvalue weighted by Crippen LogP contribution is -2.32. The predicted molar refractivity (Wildman–Crippen MR) is 89.4 cm³/mol. The Kier molecular flexibility index (Phi) is 6.82. The van der Waals surface area contributed by atoms with Crippen LogP contribution in [-0.4, -0.2) is 30.4 Å². The lowest BCUT2D eigenvalue weighted by Gasteiger charge is -2.13. The van der Waals surface area contributed by atoms with E-state index in [1.54, 1.807) is 6.08 Å². The highest BCUT2D eigenvalue weighted by Crippen LogP contribution is 2.16. The number of allylic oxidation sites excluding steroid dienone is 3. The van der Waals surface area contributed by atoms with Gasteiger partial charge in [-0.2, -0.15) is 0 Å². The summed E-state index contributed by atoms with van der Waals surface area (Å²) in [5, 5.41) is 8.83. The highest BCUT2D eigenvalue weighted by Gasteiger charge is 2.03. The molecule has 22 heavy (non-hydrogen) atoms. The van der Waals surface area contributed by atoms with E-state index in [1.165, 1.54) is 17.3 Å². The van der Waals surface area contributed by atoms with Gasteiger partial charge in [-0.1, -0.05) is 36.8 Å². The monoisotopic (exact) mass is 303 g/mol. The first-order chi connectivity index (χ1) is 10.3. The van der Waals surface area contributed by atoms with Gasteiger partial charge in [0, 0.05) is 25.9 Å². The first-order valence-corrected chi connectivity index (χ1v) is 7.20. The van der Waals surface area contributed by atoms with E-state index in [1.807, 2.05) is 21.0 Å². The molecule has 0 fully saturated rings. The molecule has 0 radical (unpaired) electrons. The maximum Gasteiger partial charge on any atom is 0.284 e. The summed E-state index contributed by atoms with van der Waals surface area (Å²) < 4.78 is 0. The molecule has 0 aliphatic carbocycles. The van der Waals surface area contributed by atoms with Crippen LogP contribution in [0.3, 0.4) is 0 Å². The van der Waals surface area contributed by atoms with Crippen LogP contribution in [0.2, 0.25) is 0 Å². The molecular formula is C17H25N3O2. The Morgan fingerprint density at radius 3 is 2.36 bits per heavy atom. The van der Waals surface area contributed by atoms with Crippen molar-refractivity contribution in [2.45, 2.75) is 20.3 Å². The summed E-state index contributed by atoms with van der Waals surface area (Å²) in [6.45, 7) is 4.04. The third kappa shape index (κ3) is 6.11. The molecule has 1 aromatic carbocycles. The molecule has 0 saturated carbocycles. The number of hydroxylamine groups is 1. The van der Waals surface area contributed by atoms with Crippen molar-refractivity contribution in [1.82, 2.24) is 5.17 Å². The van der Waals surface area contributed by atoms with Crippen molar-refractivity contribution in [2.24, 2.45) is 11.8 Å². The minimum absolute atomic E-state index is 0.0690. The van der Waals surface area contributed by atoms with Crippen LogP contribution in [0.5, 0.6) is 0 Å². The Bertz CT molecular complexity index is 546. The lowest BCUT2D eigenvalue weighted by atomic mass is 9.98. The van der Waals surface area contributed by atoms with Crippen molar-refractivity contribution in [1.29, 1.82) is 0 Å². The van der Waals surface area contributed by atoms with E-state index in [0.717, 1.165) is 12.0 Å². The summed E-state index contributed by atoms with van der Waals surface area (Å²) in [6.07, 6.45) is 5.90. The highest BCUT2D eigenvalue weighted by atomic mass is 16.5. The third-order valence-corrected chi connectivity index (χ3v) is 3.27. The van der Waals surface area contributed by atoms with Crippen molar-refractivity contribution < 1.29 is 10.0 Å². The fourth-order valence-corrected chi connectivity index (χ4v) is 2.14. The fraction of sp³-hybridized carbons (Fsp3) is 0.353. The van der Waals surface area contributed by atoms with Crippen LogP contribution in [0.1, 0.15) is 19.4 Å². The number of benzene rings is 1. The number of rotatable bonds is 6. The molecule has 1 unspecified atom stereocenters. The number of nitrogens with two attached hydrogens (primary N) is 1. The predicted octanol–water partition coefficient (Wildman–Crippen LogP) is 2.53. The zero-order chi connectivity index (χ0) is 16.7. The maximum absolute atomic E-state index is 11.1. The van der Waals surface area contributed by atoms with Gasteiger partial charge >= 0.3 is 0 Å². The van der Waals surface area contributed by atoms with Crippen LogP contribution in [0, 0.1) is 5.92 Å². The van der Waals surface area contributed by atoms with Crippen LogP contribution in [-0.2, 0) is 11.2 Å². The summed E-state index contributed by atoms with van der Waals surface area (Å²) in [5.74, 6) is 4.61. The molecule has 0 aliphatic rings. The number of hydrogen-bond acceptors (Lipinski definition) is 4. The summed E-state index contributed by atoms with van der Waals surface area (Å²) in [6, 6.07) is 8.47. The van der Waals surface area contributed by atoms with Gasteiger partial charge < -0.3 is 4.90 Å². The summed E-state index contributed by atoms with van der Waals surface area (Å²) >= 11 is 0. The van der Waals surface area contributed by atoms with Gasteiger partial charge in [0.1, 0.15) is 0 Å². The molecule has 120 valence electrons. The zero-order valence-electron chi connectivity index (χ0n) is 13.7. The summed E-state index contributed by atoms with van der Waals surface area (Å²) in [7, 11) is 4.04. The number of anilines is 1. The molecule has 5 nitrogen and oxygen atoms in total. The van der Waals surface area contributed by atoms with Crippen molar-refractivity contribution in [2.75, 3.05) is 19.0 Å². The lowest BCUT2D eigenvalue weighted by molar-refractivity contribution is -0.160. The molecular weight excluding hydrogens is 278 g/mol. The fourth-order valence-electron chi connectivity index (χ4n) is 2.14. The van der Waals surface area contributed by atoms with Gasteiger partial charge in [-0.05, 0) is 37.0 Å². The summed E-state index contributed by atoms with van der Waals surface area (Å²) in [4.78, 5) is 13.2. The van der Waals surface area contributed by atoms with E-state index in [-0.39, 0.29) is 5.17 Å². The molecule has 1 atom stereocenters. The van der Waals surface area contributed by atoms with Gasteiger partial charge in [0.25, 0.3) is 5.91 Å². The minimum atomic E-state index is -0.653. The quantitative estimate of drug-likeness (QED) is 0.212. The molecule has 0 bridgehead atoms. The number of nitrogens with zero attached hydrogens (tertiary/aromatic N) is 2. The minimum Gasteiger partial charge on any atom is -0.378 e. The van der Waals surface area contributed by atoms with E-state index in [2.05, 4.69) is 42.2 Å². The zero-order valence-corrected chi connectivity index (χ0v) is 13.7. The van der Waals surface area contributed by atoms with Crippen LogP contribution in [0.15, 0.2) is 48.1 Å². The molecule has 1 rings (SSSR count). The smallest absolute Gasteiger partial charge is 0.284 e. The van der Waals surface area contributed by atoms with Crippen LogP contribution in [0.25, 0.3) is 0 Å². The van der Waals surface area contributed by atoms with Crippen molar-refractivity contribution in [3.05, 3.63) is 53.6 Å². The van der Waals surface area contributed by atoms with Crippen molar-refractivity contribution in [3.63, 3.8) is 0 Å². The Morgan fingerprint density at radius 1 is 1.27 bits per heavy atom. The first kappa shape index (κ1) is 17.9. The van der Waals surface area contributed by atoms with Gasteiger partial charge in [-0.15, -0.1) is 5.17 Å². The van der Waals surface area contributed by atoms with Gasteiger partial charge in [0.15, 0.2) is 0 Å². The molecule has 3 N–H and O–H groups in total. The van der Waals surface area contributed by atoms with Crippen LogP contribution >= 0.6 is 0 Å². The molecule has 0 heterocycles. The Hall–Kier alpha value is -2.11. The maximum atomic E-state index is 11.1. The SMILES string of the molecule is CC(C=CC(=O)N(N)O)=CC(C)Cc1ccc(N(C)C)cc1. The van der Waals surface area contributed by atoms with Gasteiger partial charge in [0.05, 0.1) is 0 Å². The molecule has 1 aromatic rings. The Morgan fingerprint density at radius 2 is 1.86 bits per heavy atom. The second kappa shape index (κ2) is 8.36. The van der Waals surface area contributed by atoms with Crippen molar-refractivity contribution >= 4 is 11.6 Å². The normalized spacial score (nSPS) is 13.3. The summed E-state index contributed by atoms with van der Waals surface area (Å²) in [5.41, 5.74) is 3.40. The average molecular weight is 303 g/mol. The first-order valence-electron chi connectivity index (χ1n) is 7.20. The largest absolute Gasteiger partial charge is 0.378 e. The van der Waals surface area contributed by atoms with E-state index >= 15 is 0 Å². The topological polar surface area (TPSA) is 69.8 Å². The highest BCUT2D eigenvalue weighted by molar-refractivity contribution is 5.86. The number of hydrogen-bond donors (Lipinski definition) is 2. The van der Waals surface area contributed by atoms with E-state index in [0.29, 0.717) is 5.92 Å². The van der Waals surface area contributed by atoms with Crippen LogP contribution in [0.4, 0.5) is 5.69 Å². The number of amides is 1.